The zero-order valence-electron chi connectivity index (χ0n) is 12.3. The summed E-state index contributed by atoms with van der Waals surface area (Å²) in [5.74, 6) is 0.819. The molecule has 4 nitrogen and oxygen atoms in total. The highest BCUT2D eigenvalue weighted by molar-refractivity contribution is 6.08. The quantitative estimate of drug-likeness (QED) is 0.626. The minimum atomic E-state index is -0.406. The van der Waals surface area contributed by atoms with Crippen molar-refractivity contribution >= 4 is 17.9 Å². The third-order valence-corrected chi connectivity index (χ3v) is 2.73. The molecule has 0 amide bonds. The summed E-state index contributed by atoms with van der Waals surface area (Å²) >= 11 is 0. The lowest BCUT2D eigenvalue weighted by atomic mass is 9.97. The average Bonchev–Trinajstić information content (AvgIpc) is 2.72. The molecule has 0 unspecified atom stereocenters. The van der Waals surface area contributed by atoms with Crippen LogP contribution in [0.1, 0.15) is 33.3 Å². The number of ether oxygens (including phenoxy) is 2. The second-order valence-corrected chi connectivity index (χ2v) is 5.59. The number of carbonyl (C=O) groups excluding carboxylic acids is 1. The van der Waals surface area contributed by atoms with Gasteiger partial charge in [-0.2, -0.15) is 0 Å². The zero-order chi connectivity index (χ0) is 14.8. The van der Waals surface area contributed by atoms with Gasteiger partial charge >= 0.3 is 5.97 Å². The number of cyclic esters (lactones) is 1. The third kappa shape index (κ3) is 3.26. The topological polar surface area (TPSA) is 47.9 Å². The maximum Gasteiger partial charge on any atom is 0.363 e. The van der Waals surface area contributed by atoms with E-state index in [4.69, 9.17) is 9.47 Å². The van der Waals surface area contributed by atoms with Crippen LogP contribution in [0.4, 0.5) is 0 Å². The second kappa shape index (κ2) is 5.49. The molecule has 1 heterocycles. The molecule has 4 heteroatoms. The first-order valence-corrected chi connectivity index (χ1v) is 6.66. The molecule has 1 aliphatic rings. The molecular formula is C16H19NO3. The molecule has 0 aromatic heterocycles. The normalized spacial score (nSPS) is 17.1. The lowest BCUT2D eigenvalue weighted by molar-refractivity contribution is -0.130. The first-order chi connectivity index (χ1) is 9.40. The standard InChI is InChI=1S/C16H19NO3/c1-5-19-12-8-6-7-11(9-12)10-13-14(18)20-15(17-13)16(2,3)4/h6-10H,5H2,1-4H3/b13-10+. The number of hydrogen-bond acceptors (Lipinski definition) is 4. The van der Waals surface area contributed by atoms with Crippen LogP contribution in [0.2, 0.25) is 0 Å². The fourth-order valence-corrected chi connectivity index (χ4v) is 1.75. The van der Waals surface area contributed by atoms with Gasteiger partial charge in [0.25, 0.3) is 0 Å². The van der Waals surface area contributed by atoms with E-state index in [2.05, 4.69) is 4.99 Å². The summed E-state index contributed by atoms with van der Waals surface area (Å²) in [6.07, 6.45) is 1.71. The highest BCUT2D eigenvalue weighted by atomic mass is 16.6. The zero-order valence-corrected chi connectivity index (χ0v) is 12.3. The van der Waals surface area contributed by atoms with Gasteiger partial charge in [-0.15, -0.1) is 0 Å². The van der Waals surface area contributed by atoms with Crippen molar-refractivity contribution < 1.29 is 14.3 Å². The fraction of sp³-hybridized carbons (Fsp3) is 0.375. The number of hydrogen-bond donors (Lipinski definition) is 0. The Morgan fingerprint density at radius 1 is 1.35 bits per heavy atom. The van der Waals surface area contributed by atoms with Crippen molar-refractivity contribution in [2.24, 2.45) is 10.4 Å². The van der Waals surface area contributed by atoms with Crippen LogP contribution in [-0.2, 0) is 9.53 Å². The maximum atomic E-state index is 11.8. The Hall–Kier alpha value is -2.10. The highest BCUT2D eigenvalue weighted by Gasteiger charge is 2.31. The van der Waals surface area contributed by atoms with Gasteiger partial charge in [-0.1, -0.05) is 32.9 Å². The number of aliphatic imine (C=N–C) groups is 1. The van der Waals surface area contributed by atoms with Crippen LogP contribution in [0, 0.1) is 5.41 Å². The van der Waals surface area contributed by atoms with Gasteiger partial charge in [-0.25, -0.2) is 9.79 Å². The smallest absolute Gasteiger partial charge is 0.363 e. The molecule has 0 spiro atoms. The van der Waals surface area contributed by atoms with Crippen molar-refractivity contribution in [1.29, 1.82) is 0 Å². The fourth-order valence-electron chi connectivity index (χ4n) is 1.75. The number of nitrogens with zero attached hydrogens (tertiary/aromatic N) is 1. The van der Waals surface area contributed by atoms with Gasteiger partial charge < -0.3 is 9.47 Å². The maximum absolute atomic E-state index is 11.8. The molecule has 0 saturated heterocycles. The van der Waals surface area contributed by atoms with E-state index in [9.17, 15) is 4.79 Å². The van der Waals surface area contributed by atoms with E-state index in [0.29, 0.717) is 18.2 Å². The summed E-state index contributed by atoms with van der Waals surface area (Å²) in [5.41, 5.74) is 0.906. The van der Waals surface area contributed by atoms with E-state index in [1.807, 2.05) is 52.0 Å². The first-order valence-electron chi connectivity index (χ1n) is 6.66. The van der Waals surface area contributed by atoms with Crippen LogP contribution in [0.15, 0.2) is 35.0 Å². The van der Waals surface area contributed by atoms with Crippen LogP contribution in [0.3, 0.4) is 0 Å². The van der Waals surface area contributed by atoms with E-state index in [0.717, 1.165) is 11.3 Å². The molecule has 0 N–H and O–H groups in total. The first kappa shape index (κ1) is 14.3. The largest absolute Gasteiger partial charge is 0.494 e. The van der Waals surface area contributed by atoms with E-state index >= 15 is 0 Å². The highest BCUT2D eigenvalue weighted by Crippen LogP contribution is 2.26. The Morgan fingerprint density at radius 3 is 2.70 bits per heavy atom. The van der Waals surface area contributed by atoms with Crippen LogP contribution in [-0.4, -0.2) is 18.5 Å². The van der Waals surface area contributed by atoms with Crippen molar-refractivity contribution in [3.05, 3.63) is 35.5 Å². The molecule has 0 radical (unpaired) electrons. The number of rotatable bonds is 3. The summed E-state index contributed by atoms with van der Waals surface area (Å²) in [4.78, 5) is 16.1. The molecule has 1 aromatic carbocycles. The predicted molar refractivity (Wildman–Crippen MR) is 78.6 cm³/mol. The lowest BCUT2D eigenvalue weighted by Gasteiger charge is -2.15. The molecule has 0 bridgehead atoms. The molecule has 0 atom stereocenters. The van der Waals surface area contributed by atoms with Crippen LogP contribution >= 0.6 is 0 Å². The summed E-state index contributed by atoms with van der Waals surface area (Å²) in [7, 11) is 0. The van der Waals surface area contributed by atoms with E-state index in [1.165, 1.54) is 0 Å². The molecule has 0 fully saturated rings. The summed E-state index contributed by atoms with van der Waals surface area (Å²) in [5, 5.41) is 0. The monoisotopic (exact) mass is 273 g/mol. The predicted octanol–water partition coefficient (Wildman–Crippen LogP) is 3.43. The van der Waals surface area contributed by atoms with Gasteiger partial charge in [0.15, 0.2) is 5.70 Å². The number of benzene rings is 1. The SMILES string of the molecule is CCOc1cccc(/C=C2/N=C(C(C)(C)C)OC2=O)c1. The Bertz CT molecular complexity index is 580. The number of esters is 1. The molecule has 20 heavy (non-hydrogen) atoms. The molecular weight excluding hydrogens is 254 g/mol. The molecule has 1 aromatic rings. The Morgan fingerprint density at radius 2 is 2.10 bits per heavy atom. The van der Waals surface area contributed by atoms with Crippen molar-refractivity contribution in [3.63, 3.8) is 0 Å². The summed E-state index contributed by atoms with van der Waals surface area (Å²) in [6.45, 7) is 8.40. The van der Waals surface area contributed by atoms with Crippen LogP contribution in [0.25, 0.3) is 6.08 Å². The van der Waals surface area contributed by atoms with Crippen molar-refractivity contribution in [2.75, 3.05) is 6.61 Å². The Balaban J connectivity index is 2.29. The second-order valence-electron chi connectivity index (χ2n) is 5.59. The Labute approximate surface area is 119 Å². The van der Waals surface area contributed by atoms with Crippen LogP contribution in [0.5, 0.6) is 5.75 Å². The minimum absolute atomic E-state index is 0.279. The Kier molecular flexibility index (Phi) is 3.93. The number of carbonyl (C=O) groups is 1. The van der Waals surface area contributed by atoms with Crippen LogP contribution < -0.4 is 4.74 Å². The van der Waals surface area contributed by atoms with E-state index in [1.54, 1.807) is 6.08 Å². The summed E-state index contributed by atoms with van der Waals surface area (Å²) < 4.78 is 10.6. The van der Waals surface area contributed by atoms with E-state index < -0.39 is 5.97 Å². The molecule has 2 rings (SSSR count). The van der Waals surface area contributed by atoms with Gasteiger partial charge in [-0.3, -0.25) is 0 Å². The average molecular weight is 273 g/mol. The lowest BCUT2D eigenvalue weighted by Crippen LogP contribution is -2.21. The molecule has 0 aliphatic carbocycles. The van der Waals surface area contributed by atoms with Gasteiger partial charge in [-0.05, 0) is 30.7 Å². The van der Waals surface area contributed by atoms with E-state index in [-0.39, 0.29) is 5.41 Å². The van der Waals surface area contributed by atoms with Crippen molar-refractivity contribution in [2.45, 2.75) is 27.7 Å². The van der Waals surface area contributed by atoms with Gasteiger partial charge in [0, 0.05) is 5.41 Å². The van der Waals surface area contributed by atoms with Gasteiger partial charge in [0.2, 0.25) is 5.90 Å². The van der Waals surface area contributed by atoms with Crippen molar-refractivity contribution in [1.82, 2.24) is 0 Å². The summed E-state index contributed by atoms with van der Waals surface area (Å²) in [6, 6.07) is 7.52. The van der Waals surface area contributed by atoms with Crippen molar-refractivity contribution in [3.8, 4) is 5.75 Å². The minimum Gasteiger partial charge on any atom is -0.494 e. The van der Waals surface area contributed by atoms with Gasteiger partial charge in [0.1, 0.15) is 5.75 Å². The molecule has 0 saturated carbocycles. The molecule has 106 valence electrons. The third-order valence-electron chi connectivity index (χ3n) is 2.73. The van der Waals surface area contributed by atoms with Gasteiger partial charge in [0.05, 0.1) is 6.61 Å². The molecule has 1 aliphatic heterocycles.